The molecule has 0 aliphatic carbocycles. The minimum Gasteiger partial charge on any atom is -0.267 e. The van der Waals surface area contributed by atoms with Gasteiger partial charge in [0.05, 0.1) is 11.4 Å². The van der Waals surface area contributed by atoms with Crippen molar-refractivity contribution in [2.75, 3.05) is 0 Å². The molecule has 0 atom stereocenters. The predicted octanol–water partition coefficient (Wildman–Crippen LogP) is 3.52. The summed E-state index contributed by atoms with van der Waals surface area (Å²) in [7, 11) is 0. The normalized spacial score (nSPS) is 10.6. The summed E-state index contributed by atoms with van der Waals surface area (Å²) in [6.07, 6.45) is 0. The Bertz CT molecular complexity index is 835. The van der Waals surface area contributed by atoms with Crippen LogP contribution in [0.5, 0.6) is 0 Å². The molecule has 0 unspecified atom stereocenters. The van der Waals surface area contributed by atoms with Crippen LogP contribution in [0.15, 0.2) is 65.5 Å². The van der Waals surface area contributed by atoms with Gasteiger partial charge in [0.2, 0.25) is 0 Å². The first kappa shape index (κ1) is 13.3. The van der Waals surface area contributed by atoms with E-state index in [4.69, 9.17) is 0 Å². The van der Waals surface area contributed by atoms with E-state index in [9.17, 15) is 4.79 Å². The molecule has 0 radical (unpaired) electrons. The van der Waals surface area contributed by atoms with Gasteiger partial charge in [-0.2, -0.15) is 9.78 Å². The SMILES string of the molecule is Cc1ccc(-c2ccc(=O)n(-c3ccccc3)n2)c(C)c1. The lowest BCUT2D eigenvalue weighted by Crippen LogP contribution is -2.20. The van der Waals surface area contributed by atoms with Gasteiger partial charge < -0.3 is 0 Å². The molecule has 3 aromatic rings. The fraction of sp³-hybridized carbons (Fsp3) is 0.111. The van der Waals surface area contributed by atoms with Crippen LogP contribution < -0.4 is 5.56 Å². The fourth-order valence-electron chi connectivity index (χ4n) is 2.41. The number of hydrogen-bond acceptors (Lipinski definition) is 2. The van der Waals surface area contributed by atoms with Gasteiger partial charge in [-0.1, -0.05) is 42.0 Å². The average molecular weight is 276 g/mol. The molecule has 0 fully saturated rings. The van der Waals surface area contributed by atoms with Crippen LogP contribution in [-0.2, 0) is 0 Å². The maximum absolute atomic E-state index is 12.0. The highest BCUT2D eigenvalue weighted by molar-refractivity contribution is 5.63. The van der Waals surface area contributed by atoms with Gasteiger partial charge in [0, 0.05) is 11.6 Å². The number of rotatable bonds is 2. The van der Waals surface area contributed by atoms with Crippen molar-refractivity contribution in [1.82, 2.24) is 9.78 Å². The van der Waals surface area contributed by atoms with Crippen LogP contribution in [0.4, 0.5) is 0 Å². The minimum absolute atomic E-state index is 0.130. The molecule has 2 aromatic carbocycles. The van der Waals surface area contributed by atoms with Crippen LogP contribution in [0.3, 0.4) is 0 Å². The molecule has 0 saturated heterocycles. The van der Waals surface area contributed by atoms with Gasteiger partial charge in [0.1, 0.15) is 0 Å². The highest BCUT2D eigenvalue weighted by atomic mass is 16.1. The second-order valence-corrected chi connectivity index (χ2v) is 5.12. The molecule has 3 heteroatoms. The lowest BCUT2D eigenvalue weighted by molar-refractivity contribution is 0.812. The number of benzene rings is 2. The number of nitrogens with zero attached hydrogens (tertiary/aromatic N) is 2. The van der Waals surface area contributed by atoms with Crippen molar-refractivity contribution in [2.24, 2.45) is 0 Å². The Morgan fingerprint density at radius 3 is 2.38 bits per heavy atom. The largest absolute Gasteiger partial charge is 0.271 e. The first-order chi connectivity index (χ1) is 10.1. The Kier molecular flexibility index (Phi) is 3.40. The van der Waals surface area contributed by atoms with Crippen molar-refractivity contribution in [2.45, 2.75) is 13.8 Å². The van der Waals surface area contributed by atoms with Crippen molar-refractivity contribution >= 4 is 0 Å². The number of aryl methyl sites for hydroxylation is 2. The molecular formula is C18H16N2O. The molecule has 3 rings (SSSR count). The molecule has 21 heavy (non-hydrogen) atoms. The van der Waals surface area contributed by atoms with E-state index in [1.54, 1.807) is 12.1 Å². The van der Waals surface area contributed by atoms with Crippen molar-refractivity contribution < 1.29 is 0 Å². The Morgan fingerprint density at radius 1 is 0.905 bits per heavy atom. The molecule has 104 valence electrons. The Labute approximate surface area is 123 Å². The van der Waals surface area contributed by atoms with Crippen molar-refractivity contribution in [3.63, 3.8) is 0 Å². The van der Waals surface area contributed by atoms with E-state index in [-0.39, 0.29) is 5.56 Å². The highest BCUT2D eigenvalue weighted by Crippen LogP contribution is 2.21. The zero-order valence-electron chi connectivity index (χ0n) is 12.1. The van der Waals surface area contributed by atoms with Gasteiger partial charge in [-0.05, 0) is 37.6 Å². The van der Waals surface area contributed by atoms with E-state index in [1.807, 2.05) is 36.4 Å². The summed E-state index contributed by atoms with van der Waals surface area (Å²) in [6, 6.07) is 19.0. The summed E-state index contributed by atoms with van der Waals surface area (Å²) in [5.74, 6) is 0. The summed E-state index contributed by atoms with van der Waals surface area (Å²) in [5, 5.41) is 4.51. The lowest BCUT2D eigenvalue weighted by Gasteiger charge is -2.09. The molecule has 0 saturated carbocycles. The number of hydrogen-bond donors (Lipinski definition) is 0. The molecule has 0 aliphatic rings. The summed E-state index contributed by atoms with van der Waals surface area (Å²) in [4.78, 5) is 12.0. The Morgan fingerprint density at radius 2 is 1.67 bits per heavy atom. The van der Waals surface area contributed by atoms with E-state index in [2.05, 4.69) is 31.1 Å². The molecule has 0 amide bonds. The van der Waals surface area contributed by atoms with Gasteiger partial charge >= 0.3 is 0 Å². The van der Waals surface area contributed by atoms with Crippen LogP contribution in [0, 0.1) is 13.8 Å². The Hall–Kier alpha value is -2.68. The van der Waals surface area contributed by atoms with E-state index in [0.29, 0.717) is 0 Å². The standard InChI is InChI=1S/C18H16N2O/c1-13-8-9-16(14(2)12-13)17-10-11-18(21)20(19-17)15-6-4-3-5-7-15/h3-12H,1-2H3. The number of para-hydroxylation sites is 1. The molecule has 0 aliphatic heterocycles. The second-order valence-electron chi connectivity index (χ2n) is 5.12. The topological polar surface area (TPSA) is 34.9 Å². The van der Waals surface area contributed by atoms with Gasteiger partial charge in [-0.3, -0.25) is 4.79 Å². The van der Waals surface area contributed by atoms with E-state index < -0.39 is 0 Å². The van der Waals surface area contributed by atoms with Crippen LogP contribution in [0.1, 0.15) is 11.1 Å². The maximum Gasteiger partial charge on any atom is 0.271 e. The second kappa shape index (κ2) is 5.37. The summed E-state index contributed by atoms with van der Waals surface area (Å²) < 4.78 is 1.44. The third-order valence-corrected chi connectivity index (χ3v) is 3.46. The summed E-state index contributed by atoms with van der Waals surface area (Å²) in [6.45, 7) is 4.12. The molecular weight excluding hydrogens is 260 g/mol. The van der Waals surface area contributed by atoms with Gasteiger partial charge in [-0.15, -0.1) is 0 Å². The van der Waals surface area contributed by atoms with E-state index in [0.717, 1.165) is 22.5 Å². The van der Waals surface area contributed by atoms with Crippen molar-refractivity contribution in [3.8, 4) is 16.9 Å². The summed E-state index contributed by atoms with van der Waals surface area (Å²) >= 11 is 0. The molecule has 1 aromatic heterocycles. The molecule has 0 N–H and O–H groups in total. The zero-order valence-corrected chi connectivity index (χ0v) is 12.1. The van der Waals surface area contributed by atoms with Crippen LogP contribution in [0.2, 0.25) is 0 Å². The third-order valence-electron chi connectivity index (χ3n) is 3.46. The molecule has 1 heterocycles. The number of aromatic nitrogens is 2. The van der Waals surface area contributed by atoms with Gasteiger partial charge in [0.25, 0.3) is 5.56 Å². The first-order valence-electron chi connectivity index (χ1n) is 6.88. The van der Waals surface area contributed by atoms with Crippen LogP contribution >= 0.6 is 0 Å². The highest BCUT2D eigenvalue weighted by Gasteiger charge is 2.07. The molecule has 3 nitrogen and oxygen atoms in total. The minimum atomic E-state index is -0.130. The average Bonchev–Trinajstić information content (AvgIpc) is 2.49. The fourth-order valence-corrected chi connectivity index (χ4v) is 2.41. The van der Waals surface area contributed by atoms with Crippen LogP contribution in [-0.4, -0.2) is 9.78 Å². The van der Waals surface area contributed by atoms with E-state index >= 15 is 0 Å². The summed E-state index contributed by atoms with van der Waals surface area (Å²) in [5.41, 5.74) is 4.86. The quantitative estimate of drug-likeness (QED) is 0.718. The smallest absolute Gasteiger partial charge is 0.267 e. The van der Waals surface area contributed by atoms with Crippen LogP contribution in [0.25, 0.3) is 16.9 Å². The lowest BCUT2D eigenvalue weighted by atomic mass is 10.0. The van der Waals surface area contributed by atoms with Crippen molar-refractivity contribution in [3.05, 3.63) is 82.1 Å². The van der Waals surface area contributed by atoms with Crippen molar-refractivity contribution in [1.29, 1.82) is 0 Å². The monoisotopic (exact) mass is 276 g/mol. The molecule has 0 bridgehead atoms. The maximum atomic E-state index is 12.0. The third kappa shape index (κ3) is 2.63. The molecule has 0 spiro atoms. The van der Waals surface area contributed by atoms with E-state index in [1.165, 1.54) is 10.2 Å². The van der Waals surface area contributed by atoms with Gasteiger partial charge in [-0.25, -0.2) is 0 Å². The first-order valence-corrected chi connectivity index (χ1v) is 6.88. The van der Waals surface area contributed by atoms with Gasteiger partial charge in [0.15, 0.2) is 0 Å². The zero-order chi connectivity index (χ0) is 14.8. The Balaban J connectivity index is 2.16. The predicted molar refractivity (Wildman–Crippen MR) is 84.7 cm³/mol.